The van der Waals surface area contributed by atoms with Crippen LogP contribution in [0.3, 0.4) is 0 Å². The molecule has 0 radical (unpaired) electrons. The first-order valence-corrected chi connectivity index (χ1v) is 9.37. The summed E-state index contributed by atoms with van der Waals surface area (Å²) in [5, 5.41) is 11.0. The van der Waals surface area contributed by atoms with Gasteiger partial charge in [0.05, 0.1) is 6.61 Å². The van der Waals surface area contributed by atoms with Gasteiger partial charge in [-0.05, 0) is 48.9 Å². The third kappa shape index (κ3) is 2.60. The lowest BCUT2D eigenvalue weighted by Gasteiger charge is -2.47. The summed E-state index contributed by atoms with van der Waals surface area (Å²) in [6, 6.07) is 7.27. The quantitative estimate of drug-likeness (QED) is 0.710. The molecule has 1 saturated heterocycles. The van der Waals surface area contributed by atoms with E-state index in [0.29, 0.717) is 5.57 Å². The van der Waals surface area contributed by atoms with Gasteiger partial charge in [0, 0.05) is 22.2 Å². The van der Waals surface area contributed by atoms with Crippen LogP contribution in [0.15, 0.2) is 27.8 Å². The van der Waals surface area contributed by atoms with E-state index in [1.165, 1.54) is 4.90 Å². The predicted molar refractivity (Wildman–Crippen MR) is 102 cm³/mol. The molecule has 2 aliphatic heterocycles. The first kappa shape index (κ1) is 18.3. The lowest BCUT2D eigenvalue weighted by Crippen LogP contribution is -2.71. The molecule has 0 aliphatic carbocycles. The molecule has 0 aromatic heterocycles. The maximum absolute atomic E-state index is 13.2. The zero-order chi connectivity index (χ0) is 18.4. The maximum atomic E-state index is 13.2. The molecule has 2 atom stereocenters. The molecule has 6 nitrogen and oxygen atoms in total. The number of amides is 3. The summed E-state index contributed by atoms with van der Waals surface area (Å²) in [4.78, 5) is 28.2. The summed E-state index contributed by atoms with van der Waals surface area (Å²) < 4.78 is 6.77. The molecule has 0 saturated carbocycles. The number of rotatable bonds is 3. The monoisotopic (exact) mass is 456 g/mol. The van der Waals surface area contributed by atoms with Crippen LogP contribution in [0.4, 0.5) is 4.79 Å². The van der Waals surface area contributed by atoms with Crippen LogP contribution >= 0.6 is 22.6 Å². The summed E-state index contributed by atoms with van der Waals surface area (Å²) in [5.74, 6) is -0.501. The average Bonchev–Trinajstić information content (AvgIpc) is 2.94. The van der Waals surface area contributed by atoms with E-state index in [-0.39, 0.29) is 19.7 Å². The molecule has 3 rings (SSSR count). The number of halogens is 1. The summed E-state index contributed by atoms with van der Waals surface area (Å²) in [6.07, 6.45) is -1.36. The van der Waals surface area contributed by atoms with Gasteiger partial charge in [0.25, 0.3) is 5.91 Å². The zero-order valence-electron chi connectivity index (χ0n) is 14.5. The Kier molecular flexibility index (Phi) is 4.91. The van der Waals surface area contributed by atoms with Crippen LogP contribution in [0.1, 0.15) is 25.0 Å². The fraction of sp³-hybridized carbons (Fsp3) is 0.444. The summed E-state index contributed by atoms with van der Waals surface area (Å²) in [7, 11) is 0. The Morgan fingerprint density at radius 3 is 2.44 bits per heavy atom. The van der Waals surface area contributed by atoms with E-state index < -0.39 is 23.8 Å². The van der Waals surface area contributed by atoms with Crippen molar-refractivity contribution in [1.29, 1.82) is 0 Å². The fourth-order valence-corrected chi connectivity index (χ4v) is 4.32. The number of aryl methyl sites for hydroxylation is 1. The number of urea groups is 1. The number of nitrogens with zero attached hydrogens (tertiary/aromatic N) is 2. The minimum atomic E-state index is -1.58. The fourth-order valence-electron chi connectivity index (χ4n) is 3.45. The zero-order valence-corrected chi connectivity index (χ0v) is 16.6. The second kappa shape index (κ2) is 6.69. The maximum Gasteiger partial charge on any atom is 0.328 e. The van der Waals surface area contributed by atoms with Crippen LogP contribution < -0.4 is 0 Å². The number of likely N-dealkylation sites (N-methyl/N-ethyl adjacent to an activating group) is 2. The van der Waals surface area contributed by atoms with Gasteiger partial charge in [-0.2, -0.15) is 0 Å². The van der Waals surface area contributed by atoms with Gasteiger partial charge in [-0.15, -0.1) is 0 Å². The molecular formula is C18H21IN2O4. The van der Waals surface area contributed by atoms with Gasteiger partial charge >= 0.3 is 6.03 Å². The first-order chi connectivity index (χ1) is 11.9. The number of carbonyl (C=O) groups is 2. The van der Waals surface area contributed by atoms with Crippen molar-refractivity contribution < 1.29 is 19.4 Å². The van der Waals surface area contributed by atoms with Crippen molar-refractivity contribution in [3.63, 3.8) is 0 Å². The second-order valence-corrected chi connectivity index (χ2v) is 7.46. The normalized spacial score (nSPS) is 27.0. The van der Waals surface area contributed by atoms with Gasteiger partial charge < -0.3 is 9.84 Å². The highest BCUT2D eigenvalue weighted by molar-refractivity contribution is 14.1. The minimum absolute atomic E-state index is 0.226. The molecule has 7 heteroatoms. The van der Waals surface area contributed by atoms with Crippen LogP contribution in [0.25, 0.3) is 5.57 Å². The Hall–Kier alpha value is -1.45. The van der Waals surface area contributed by atoms with Gasteiger partial charge in [-0.25, -0.2) is 4.79 Å². The molecule has 0 bridgehead atoms. The topological polar surface area (TPSA) is 70.1 Å². The predicted octanol–water partition coefficient (Wildman–Crippen LogP) is 2.53. The number of aliphatic hydroxyl groups is 1. The first-order valence-electron chi connectivity index (χ1n) is 8.29. The molecule has 1 fully saturated rings. The Balaban J connectivity index is 2.18. The molecule has 1 N–H and O–H groups in total. The molecule has 1 aromatic carbocycles. The lowest BCUT2D eigenvalue weighted by atomic mass is 9.84. The molecule has 3 amide bonds. The van der Waals surface area contributed by atoms with Gasteiger partial charge in [-0.3, -0.25) is 14.6 Å². The Morgan fingerprint density at radius 1 is 1.24 bits per heavy atom. The largest absolute Gasteiger partial charge is 0.370 e. The van der Waals surface area contributed by atoms with Crippen LogP contribution in [0.5, 0.6) is 0 Å². The third-order valence-corrected chi connectivity index (χ3v) is 5.62. The van der Waals surface area contributed by atoms with Gasteiger partial charge in [0.2, 0.25) is 5.60 Å². The number of imide groups is 1. The highest BCUT2D eigenvalue weighted by atomic mass is 127. The molecule has 2 aliphatic rings. The number of hydrogen-bond acceptors (Lipinski definition) is 4. The standard InChI is InChI=1S/C18H21IN2O4/c1-4-20-15(22)18(16(23)21(5-2)17(20)24)14(13(19)10-25-18)12-8-6-11(3)7-9-12/h6-9,15,22H,4-5,10H2,1-3H3/t15-,18+/m0/s1. The van der Waals surface area contributed by atoms with E-state index in [4.69, 9.17) is 4.74 Å². The number of aliphatic hydroxyl groups excluding tert-OH is 1. The van der Waals surface area contributed by atoms with Crippen molar-refractivity contribution in [3.05, 3.63) is 39.0 Å². The van der Waals surface area contributed by atoms with E-state index in [9.17, 15) is 14.7 Å². The Labute approximate surface area is 160 Å². The van der Waals surface area contributed by atoms with Crippen molar-refractivity contribution in [2.24, 2.45) is 0 Å². The molecule has 2 heterocycles. The Morgan fingerprint density at radius 2 is 1.88 bits per heavy atom. The van der Waals surface area contributed by atoms with Crippen LogP contribution in [0.2, 0.25) is 0 Å². The summed E-state index contributed by atoms with van der Waals surface area (Å²) in [5.41, 5.74) is 0.992. The second-order valence-electron chi connectivity index (χ2n) is 6.16. The minimum Gasteiger partial charge on any atom is -0.370 e. The van der Waals surface area contributed by atoms with Crippen molar-refractivity contribution >= 4 is 40.1 Å². The highest BCUT2D eigenvalue weighted by Gasteiger charge is 2.62. The van der Waals surface area contributed by atoms with Crippen LogP contribution in [-0.4, -0.2) is 58.4 Å². The van der Waals surface area contributed by atoms with Crippen LogP contribution in [0, 0.1) is 6.92 Å². The van der Waals surface area contributed by atoms with Crippen molar-refractivity contribution in [2.45, 2.75) is 32.6 Å². The van der Waals surface area contributed by atoms with Gasteiger partial charge in [0.1, 0.15) is 0 Å². The molecule has 1 spiro atoms. The molecule has 1 aromatic rings. The molecular weight excluding hydrogens is 435 g/mol. The van der Waals surface area contributed by atoms with E-state index in [1.54, 1.807) is 13.8 Å². The molecule has 25 heavy (non-hydrogen) atoms. The lowest BCUT2D eigenvalue weighted by molar-refractivity contribution is -0.179. The third-order valence-electron chi connectivity index (χ3n) is 4.76. The molecule has 0 unspecified atom stereocenters. The van der Waals surface area contributed by atoms with E-state index in [0.717, 1.165) is 19.6 Å². The SMILES string of the molecule is CCN1C(=O)N(CC)[C@@H](O)[C@@]2(OCC(I)=C2c2ccc(C)cc2)C1=O. The Bertz CT molecular complexity index is 746. The smallest absolute Gasteiger partial charge is 0.328 e. The van der Waals surface area contributed by atoms with Crippen molar-refractivity contribution in [3.8, 4) is 0 Å². The number of hydrogen-bond donors (Lipinski definition) is 1. The van der Waals surface area contributed by atoms with Gasteiger partial charge in [0.15, 0.2) is 6.23 Å². The number of carbonyl (C=O) groups excluding carboxylic acids is 2. The highest BCUT2D eigenvalue weighted by Crippen LogP contribution is 2.47. The number of ether oxygens (including phenoxy) is 1. The van der Waals surface area contributed by atoms with E-state index >= 15 is 0 Å². The number of benzene rings is 1. The van der Waals surface area contributed by atoms with Crippen molar-refractivity contribution in [1.82, 2.24) is 9.80 Å². The van der Waals surface area contributed by atoms with Crippen molar-refractivity contribution in [2.75, 3.05) is 19.7 Å². The summed E-state index contributed by atoms with van der Waals surface area (Å²) >= 11 is 2.15. The summed E-state index contributed by atoms with van der Waals surface area (Å²) in [6.45, 7) is 6.24. The van der Waals surface area contributed by atoms with Gasteiger partial charge in [-0.1, -0.05) is 29.8 Å². The van der Waals surface area contributed by atoms with E-state index in [1.807, 2.05) is 31.2 Å². The molecule has 134 valence electrons. The van der Waals surface area contributed by atoms with Crippen LogP contribution in [-0.2, 0) is 9.53 Å². The average molecular weight is 456 g/mol. The van der Waals surface area contributed by atoms with E-state index in [2.05, 4.69) is 22.6 Å².